The van der Waals surface area contributed by atoms with E-state index in [2.05, 4.69) is 21.0 Å². The van der Waals surface area contributed by atoms with Gasteiger partial charge < -0.3 is 5.73 Å². The van der Waals surface area contributed by atoms with Gasteiger partial charge in [-0.1, -0.05) is 35.9 Å². The monoisotopic (exact) mass is 347 g/mol. The number of para-hydroxylation sites is 1. The second kappa shape index (κ2) is 5.31. The van der Waals surface area contributed by atoms with E-state index in [9.17, 15) is 0 Å². The van der Waals surface area contributed by atoms with Gasteiger partial charge in [-0.25, -0.2) is 4.68 Å². The van der Waals surface area contributed by atoms with E-state index in [4.69, 9.17) is 17.3 Å². The van der Waals surface area contributed by atoms with Crippen LogP contribution in [0.4, 0.5) is 5.82 Å². The lowest BCUT2D eigenvalue weighted by molar-refractivity contribution is 0.891. The maximum Gasteiger partial charge on any atom is 0.127 e. The Hall–Kier alpha value is -1.78. The summed E-state index contributed by atoms with van der Waals surface area (Å²) in [6.45, 7) is 0. The fourth-order valence-electron chi connectivity index (χ4n) is 2.00. The van der Waals surface area contributed by atoms with Crippen LogP contribution in [-0.2, 0) is 0 Å². The van der Waals surface area contributed by atoms with Crippen molar-refractivity contribution in [1.29, 1.82) is 0 Å². The molecule has 1 heterocycles. The van der Waals surface area contributed by atoms with Gasteiger partial charge in [0, 0.05) is 21.1 Å². The van der Waals surface area contributed by atoms with Crippen molar-refractivity contribution < 1.29 is 0 Å². The zero-order chi connectivity index (χ0) is 14.1. The van der Waals surface area contributed by atoms with E-state index in [0.29, 0.717) is 10.8 Å². The molecule has 20 heavy (non-hydrogen) atoms. The molecule has 0 aliphatic carbocycles. The number of nitrogen functional groups attached to an aromatic ring is 1. The summed E-state index contributed by atoms with van der Waals surface area (Å²) < 4.78 is 2.65. The molecule has 0 aliphatic rings. The van der Waals surface area contributed by atoms with Crippen molar-refractivity contribution in [2.45, 2.75) is 0 Å². The van der Waals surface area contributed by atoms with Gasteiger partial charge in [-0.05, 0) is 40.2 Å². The summed E-state index contributed by atoms with van der Waals surface area (Å²) >= 11 is 9.52. The zero-order valence-corrected chi connectivity index (χ0v) is 12.8. The van der Waals surface area contributed by atoms with Crippen molar-refractivity contribution in [1.82, 2.24) is 9.78 Å². The maximum atomic E-state index is 6.06. The Labute approximate surface area is 130 Å². The van der Waals surface area contributed by atoms with Gasteiger partial charge in [-0.2, -0.15) is 5.10 Å². The van der Waals surface area contributed by atoms with Crippen molar-refractivity contribution in [3.63, 3.8) is 0 Å². The molecule has 5 heteroatoms. The minimum atomic E-state index is 0.576. The van der Waals surface area contributed by atoms with Crippen LogP contribution in [0.1, 0.15) is 0 Å². The second-order valence-electron chi connectivity index (χ2n) is 4.33. The van der Waals surface area contributed by atoms with Gasteiger partial charge in [0.15, 0.2) is 0 Å². The molecule has 0 spiro atoms. The molecule has 1 aromatic heterocycles. The standard InChI is InChI=1S/C15H11BrClN3/c16-12-6-1-2-7-14(12)20-15(18)9-13(19-20)10-4-3-5-11(17)8-10/h1-9H,18H2. The van der Waals surface area contributed by atoms with E-state index in [1.54, 1.807) is 4.68 Å². The summed E-state index contributed by atoms with van der Waals surface area (Å²) in [5.41, 5.74) is 8.70. The van der Waals surface area contributed by atoms with Crippen LogP contribution in [0.15, 0.2) is 59.1 Å². The third-order valence-corrected chi connectivity index (χ3v) is 3.84. The topological polar surface area (TPSA) is 43.8 Å². The van der Waals surface area contributed by atoms with Gasteiger partial charge in [0.25, 0.3) is 0 Å². The SMILES string of the molecule is Nc1cc(-c2cccc(Cl)c2)nn1-c1ccccc1Br. The highest BCUT2D eigenvalue weighted by molar-refractivity contribution is 9.10. The minimum absolute atomic E-state index is 0.576. The molecular weight excluding hydrogens is 338 g/mol. The van der Waals surface area contributed by atoms with Crippen molar-refractivity contribution >= 4 is 33.3 Å². The van der Waals surface area contributed by atoms with Gasteiger partial charge in [0.2, 0.25) is 0 Å². The smallest absolute Gasteiger partial charge is 0.127 e. The number of benzene rings is 2. The van der Waals surface area contributed by atoms with Crippen LogP contribution in [-0.4, -0.2) is 9.78 Å². The van der Waals surface area contributed by atoms with Crippen molar-refractivity contribution in [2.75, 3.05) is 5.73 Å². The van der Waals surface area contributed by atoms with Crippen molar-refractivity contribution in [3.05, 3.63) is 64.1 Å². The molecular formula is C15H11BrClN3. The van der Waals surface area contributed by atoms with Crippen LogP contribution < -0.4 is 5.73 Å². The highest BCUT2D eigenvalue weighted by Crippen LogP contribution is 2.27. The van der Waals surface area contributed by atoms with Gasteiger partial charge >= 0.3 is 0 Å². The Morgan fingerprint density at radius 1 is 1.05 bits per heavy atom. The van der Waals surface area contributed by atoms with E-state index in [0.717, 1.165) is 21.4 Å². The zero-order valence-electron chi connectivity index (χ0n) is 10.4. The summed E-state index contributed by atoms with van der Waals surface area (Å²) in [5.74, 6) is 0.576. The second-order valence-corrected chi connectivity index (χ2v) is 5.62. The summed E-state index contributed by atoms with van der Waals surface area (Å²) in [5, 5.41) is 5.23. The molecule has 3 nitrogen and oxygen atoms in total. The quantitative estimate of drug-likeness (QED) is 0.739. The number of hydrogen-bond acceptors (Lipinski definition) is 2. The maximum absolute atomic E-state index is 6.06. The van der Waals surface area contributed by atoms with Crippen LogP contribution in [0.3, 0.4) is 0 Å². The molecule has 2 aromatic carbocycles. The molecule has 100 valence electrons. The highest BCUT2D eigenvalue weighted by atomic mass is 79.9. The van der Waals surface area contributed by atoms with E-state index in [-0.39, 0.29) is 0 Å². The Morgan fingerprint density at radius 2 is 1.85 bits per heavy atom. The number of nitrogens with two attached hydrogens (primary N) is 1. The normalized spacial score (nSPS) is 10.7. The largest absolute Gasteiger partial charge is 0.384 e. The molecule has 0 amide bonds. The number of anilines is 1. The van der Waals surface area contributed by atoms with E-state index in [1.165, 1.54) is 0 Å². The molecule has 0 saturated carbocycles. The Bertz CT molecular complexity index is 767. The number of nitrogens with zero attached hydrogens (tertiary/aromatic N) is 2. The lowest BCUT2D eigenvalue weighted by Gasteiger charge is -2.05. The van der Waals surface area contributed by atoms with E-state index >= 15 is 0 Å². The third kappa shape index (κ3) is 2.44. The van der Waals surface area contributed by atoms with Gasteiger partial charge in [0.1, 0.15) is 5.82 Å². The van der Waals surface area contributed by atoms with Gasteiger partial charge in [0.05, 0.1) is 11.4 Å². The van der Waals surface area contributed by atoms with Crippen LogP contribution in [0, 0.1) is 0 Å². The van der Waals surface area contributed by atoms with Crippen LogP contribution in [0.2, 0.25) is 5.02 Å². The lowest BCUT2D eigenvalue weighted by atomic mass is 10.1. The Morgan fingerprint density at radius 3 is 2.60 bits per heavy atom. The average Bonchev–Trinajstić information content (AvgIpc) is 2.81. The predicted octanol–water partition coefficient (Wildman–Crippen LogP) is 4.54. The molecule has 0 atom stereocenters. The first-order valence-electron chi connectivity index (χ1n) is 6.01. The fourth-order valence-corrected chi connectivity index (χ4v) is 2.64. The Kier molecular flexibility index (Phi) is 3.51. The lowest BCUT2D eigenvalue weighted by Crippen LogP contribution is -2.02. The average molecular weight is 349 g/mol. The molecule has 0 saturated heterocycles. The molecule has 0 aliphatic heterocycles. The Balaban J connectivity index is 2.10. The third-order valence-electron chi connectivity index (χ3n) is 2.94. The van der Waals surface area contributed by atoms with Gasteiger partial charge in [-0.3, -0.25) is 0 Å². The summed E-state index contributed by atoms with van der Waals surface area (Å²) in [6.07, 6.45) is 0. The number of rotatable bonds is 2. The molecule has 2 N–H and O–H groups in total. The molecule has 0 radical (unpaired) electrons. The van der Waals surface area contributed by atoms with Crippen LogP contribution in [0.25, 0.3) is 16.9 Å². The molecule has 0 unspecified atom stereocenters. The van der Waals surface area contributed by atoms with Crippen LogP contribution in [0.5, 0.6) is 0 Å². The number of hydrogen-bond donors (Lipinski definition) is 1. The fraction of sp³-hybridized carbons (Fsp3) is 0. The van der Waals surface area contributed by atoms with Crippen molar-refractivity contribution in [2.24, 2.45) is 0 Å². The highest BCUT2D eigenvalue weighted by Gasteiger charge is 2.11. The summed E-state index contributed by atoms with van der Waals surface area (Å²) in [4.78, 5) is 0. The molecule has 3 rings (SSSR count). The molecule has 0 fully saturated rings. The van der Waals surface area contributed by atoms with Crippen molar-refractivity contribution in [3.8, 4) is 16.9 Å². The van der Waals surface area contributed by atoms with Gasteiger partial charge in [-0.15, -0.1) is 0 Å². The number of aromatic nitrogens is 2. The van der Waals surface area contributed by atoms with E-state index in [1.807, 2.05) is 54.6 Å². The predicted molar refractivity (Wildman–Crippen MR) is 86.1 cm³/mol. The first kappa shape index (κ1) is 13.2. The molecule has 3 aromatic rings. The van der Waals surface area contributed by atoms with Crippen LogP contribution >= 0.6 is 27.5 Å². The summed E-state index contributed by atoms with van der Waals surface area (Å²) in [7, 11) is 0. The van der Waals surface area contributed by atoms with E-state index < -0.39 is 0 Å². The first-order valence-corrected chi connectivity index (χ1v) is 7.18. The summed E-state index contributed by atoms with van der Waals surface area (Å²) in [6, 6.07) is 17.2. The minimum Gasteiger partial charge on any atom is -0.384 e. The number of halogens is 2. The molecule has 0 bridgehead atoms. The first-order chi connectivity index (χ1) is 9.65.